The van der Waals surface area contributed by atoms with E-state index in [2.05, 4.69) is 31.1 Å². The molecule has 0 spiro atoms. The molecule has 0 unspecified atom stereocenters. The van der Waals surface area contributed by atoms with E-state index >= 15 is 0 Å². The summed E-state index contributed by atoms with van der Waals surface area (Å²) >= 11 is 6.38. The molecule has 4 heterocycles. The molecule has 37 heavy (non-hydrogen) atoms. The third-order valence-electron chi connectivity index (χ3n) is 5.94. The minimum absolute atomic E-state index is 0.0242. The lowest BCUT2D eigenvalue weighted by Gasteiger charge is -2.35. The van der Waals surface area contributed by atoms with Crippen molar-refractivity contribution in [2.75, 3.05) is 51.1 Å². The maximum absolute atomic E-state index is 13.2. The first kappa shape index (κ1) is 24.5. The Hall–Kier alpha value is -4.23. The monoisotopic (exact) mass is 525 g/mol. The maximum atomic E-state index is 13.2. The number of amides is 2. The van der Waals surface area contributed by atoms with Crippen LogP contribution >= 0.6 is 11.6 Å². The molecule has 1 aromatic carbocycles. The second-order valence-corrected chi connectivity index (χ2v) is 8.76. The summed E-state index contributed by atoms with van der Waals surface area (Å²) < 4.78 is 11.4. The largest absolute Gasteiger partial charge is 0.453 e. The average Bonchev–Trinajstić information content (AvgIpc) is 3.52. The number of methoxy groups -OCH3 is 2. The average molecular weight is 526 g/mol. The summed E-state index contributed by atoms with van der Waals surface area (Å²) in [6, 6.07) is 8.74. The van der Waals surface area contributed by atoms with Gasteiger partial charge in [-0.25, -0.2) is 9.31 Å². The van der Waals surface area contributed by atoms with Gasteiger partial charge in [-0.05, 0) is 35.5 Å². The lowest BCUT2D eigenvalue weighted by Crippen LogP contribution is -2.48. The Morgan fingerprint density at radius 2 is 2.03 bits per heavy atom. The number of ether oxygens (including phenoxy) is 2. The van der Waals surface area contributed by atoms with Crippen LogP contribution in [0.15, 0.2) is 42.7 Å². The molecule has 2 amide bonds. The van der Waals surface area contributed by atoms with E-state index in [0.717, 1.165) is 5.69 Å². The fraction of sp³-hybridized carbons (Fsp3) is 0.304. The van der Waals surface area contributed by atoms with Gasteiger partial charge in [-0.1, -0.05) is 11.6 Å². The number of benzene rings is 1. The quantitative estimate of drug-likeness (QED) is 0.332. The summed E-state index contributed by atoms with van der Waals surface area (Å²) in [6.07, 6.45) is 2.89. The van der Waals surface area contributed by atoms with Crippen LogP contribution in [-0.4, -0.2) is 87.2 Å². The van der Waals surface area contributed by atoms with Gasteiger partial charge in [0.15, 0.2) is 5.82 Å². The third-order valence-corrected chi connectivity index (χ3v) is 6.27. The SMILES string of the molecule is COCCNc1ccn2ncc(C(=O)Nc3cc(-n4nnc(C5CN(C(=O)OC)C5)n4)ccc3Cl)c2c1. The number of halogens is 1. The summed E-state index contributed by atoms with van der Waals surface area (Å²) in [7, 11) is 2.98. The number of anilines is 2. The Kier molecular flexibility index (Phi) is 6.88. The van der Waals surface area contributed by atoms with Crippen LogP contribution in [0.4, 0.5) is 16.2 Å². The molecule has 0 aliphatic carbocycles. The molecule has 2 N–H and O–H groups in total. The highest BCUT2D eigenvalue weighted by atomic mass is 35.5. The van der Waals surface area contributed by atoms with E-state index in [1.807, 2.05) is 12.1 Å². The van der Waals surface area contributed by atoms with Gasteiger partial charge in [-0.3, -0.25) is 4.79 Å². The van der Waals surface area contributed by atoms with Crippen LogP contribution in [-0.2, 0) is 9.47 Å². The maximum Gasteiger partial charge on any atom is 0.409 e. The highest BCUT2D eigenvalue weighted by Crippen LogP contribution is 2.27. The molecule has 1 aliphatic heterocycles. The Labute approximate surface area is 216 Å². The van der Waals surface area contributed by atoms with Crippen molar-refractivity contribution in [3.05, 3.63) is 59.1 Å². The van der Waals surface area contributed by atoms with Crippen molar-refractivity contribution in [2.45, 2.75) is 5.92 Å². The third kappa shape index (κ3) is 5.04. The standard InChI is InChI=1S/C23H24ClN9O4/c1-36-8-6-25-15-5-7-32-20(9-15)17(11-26-32)22(34)27-19-10-16(3-4-18(19)24)33-29-21(28-30-33)14-12-31(13-14)23(35)37-2/h3-5,7,9-11,14,25H,6,8,12-13H2,1-2H3,(H,27,34). The summed E-state index contributed by atoms with van der Waals surface area (Å²) in [5.74, 6) is 0.124. The summed E-state index contributed by atoms with van der Waals surface area (Å²) in [5, 5.41) is 23.4. The van der Waals surface area contributed by atoms with E-state index in [4.69, 9.17) is 21.1 Å². The van der Waals surface area contributed by atoms with E-state index in [0.29, 0.717) is 59.5 Å². The Bertz CT molecular complexity index is 1450. The predicted molar refractivity (Wildman–Crippen MR) is 134 cm³/mol. The van der Waals surface area contributed by atoms with E-state index in [1.54, 1.807) is 40.9 Å². The number of tetrazole rings is 1. The Morgan fingerprint density at radius 3 is 2.81 bits per heavy atom. The molecule has 0 radical (unpaired) electrons. The van der Waals surface area contributed by atoms with Gasteiger partial charge >= 0.3 is 6.09 Å². The number of pyridine rings is 1. The van der Waals surface area contributed by atoms with Crippen molar-refractivity contribution in [2.24, 2.45) is 0 Å². The van der Waals surface area contributed by atoms with Crippen molar-refractivity contribution >= 4 is 40.5 Å². The molecule has 0 atom stereocenters. The second-order valence-electron chi connectivity index (χ2n) is 8.35. The molecule has 1 fully saturated rings. The van der Waals surface area contributed by atoms with Crippen LogP contribution in [0.25, 0.3) is 11.2 Å². The molecule has 13 nitrogen and oxygen atoms in total. The fourth-order valence-electron chi connectivity index (χ4n) is 3.90. The lowest BCUT2D eigenvalue weighted by molar-refractivity contribution is 0.0863. The van der Waals surface area contributed by atoms with Crippen molar-refractivity contribution in [1.29, 1.82) is 0 Å². The van der Waals surface area contributed by atoms with Crippen LogP contribution < -0.4 is 10.6 Å². The number of fused-ring (bicyclic) bond motifs is 1. The molecular weight excluding hydrogens is 502 g/mol. The zero-order chi connectivity index (χ0) is 25.9. The molecule has 5 rings (SSSR count). The Morgan fingerprint density at radius 1 is 1.19 bits per heavy atom. The molecule has 1 aliphatic rings. The minimum Gasteiger partial charge on any atom is -0.453 e. The highest BCUT2D eigenvalue weighted by molar-refractivity contribution is 6.34. The van der Waals surface area contributed by atoms with Crippen molar-refractivity contribution in [1.82, 2.24) is 34.7 Å². The number of likely N-dealkylation sites (tertiary alicyclic amines) is 1. The van der Waals surface area contributed by atoms with E-state index in [-0.39, 0.29) is 17.9 Å². The van der Waals surface area contributed by atoms with Gasteiger partial charge in [0.25, 0.3) is 5.91 Å². The molecule has 1 saturated heterocycles. The molecule has 3 aromatic heterocycles. The number of carbonyl (C=O) groups is 2. The first-order valence-electron chi connectivity index (χ1n) is 11.4. The number of nitrogens with one attached hydrogen (secondary N) is 2. The van der Waals surface area contributed by atoms with Crippen molar-refractivity contribution < 1.29 is 19.1 Å². The molecule has 0 bridgehead atoms. The number of nitrogens with zero attached hydrogens (tertiary/aromatic N) is 7. The predicted octanol–water partition coefficient (Wildman–Crippen LogP) is 2.44. The van der Waals surface area contributed by atoms with Crippen molar-refractivity contribution in [3.8, 4) is 5.69 Å². The topological polar surface area (TPSA) is 141 Å². The lowest BCUT2D eigenvalue weighted by atomic mass is 10.0. The van der Waals surface area contributed by atoms with Crippen LogP contribution in [0.5, 0.6) is 0 Å². The fourth-order valence-corrected chi connectivity index (χ4v) is 4.07. The number of hydrogen-bond acceptors (Lipinski definition) is 9. The van der Waals surface area contributed by atoms with Crippen LogP contribution in [0.1, 0.15) is 22.1 Å². The van der Waals surface area contributed by atoms with Gasteiger partial charge < -0.3 is 25.0 Å². The van der Waals surface area contributed by atoms with Crippen LogP contribution in [0, 0.1) is 0 Å². The second kappa shape index (κ2) is 10.4. The van der Waals surface area contributed by atoms with E-state index in [9.17, 15) is 9.59 Å². The number of aromatic nitrogens is 6. The molecule has 0 saturated carbocycles. The number of hydrogen-bond donors (Lipinski definition) is 2. The molecule has 14 heteroatoms. The smallest absolute Gasteiger partial charge is 0.409 e. The van der Waals surface area contributed by atoms with Crippen LogP contribution in [0.2, 0.25) is 5.02 Å². The highest BCUT2D eigenvalue weighted by Gasteiger charge is 2.35. The van der Waals surface area contributed by atoms with Crippen LogP contribution in [0.3, 0.4) is 0 Å². The zero-order valence-electron chi connectivity index (χ0n) is 20.1. The molecule has 4 aromatic rings. The van der Waals surface area contributed by atoms with Crippen molar-refractivity contribution in [3.63, 3.8) is 0 Å². The normalized spacial score (nSPS) is 13.4. The number of rotatable bonds is 8. The van der Waals surface area contributed by atoms with Gasteiger partial charge in [-0.2, -0.15) is 5.10 Å². The Balaban J connectivity index is 1.31. The minimum atomic E-state index is -0.383. The number of carbonyl (C=O) groups excluding carboxylic acids is 2. The summed E-state index contributed by atoms with van der Waals surface area (Å²) in [4.78, 5) is 27.6. The zero-order valence-corrected chi connectivity index (χ0v) is 20.8. The van der Waals surface area contributed by atoms with E-state index in [1.165, 1.54) is 18.1 Å². The summed E-state index contributed by atoms with van der Waals surface area (Å²) in [6.45, 7) is 2.11. The summed E-state index contributed by atoms with van der Waals surface area (Å²) in [5.41, 5.74) is 2.81. The first-order chi connectivity index (χ1) is 18.0. The van der Waals surface area contributed by atoms with Gasteiger partial charge in [-0.15, -0.1) is 15.0 Å². The van der Waals surface area contributed by atoms with Gasteiger partial charge in [0.1, 0.15) is 0 Å². The molecule has 192 valence electrons. The van der Waals surface area contributed by atoms with Gasteiger partial charge in [0, 0.05) is 38.6 Å². The first-order valence-corrected chi connectivity index (χ1v) is 11.8. The van der Waals surface area contributed by atoms with E-state index < -0.39 is 0 Å². The van der Waals surface area contributed by atoms with Gasteiger partial charge in [0.2, 0.25) is 0 Å². The van der Waals surface area contributed by atoms with Gasteiger partial charge in [0.05, 0.1) is 53.3 Å². The molecular formula is C23H24ClN9O4.